The molecule has 0 atom stereocenters. The van der Waals surface area contributed by atoms with E-state index in [-0.39, 0.29) is 12.4 Å². The maximum atomic E-state index is 13.1. The Bertz CT molecular complexity index is 610. The number of benzene rings is 2. The van der Waals surface area contributed by atoms with E-state index in [2.05, 4.69) is 12.1 Å². The van der Waals surface area contributed by atoms with Gasteiger partial charge in [0.25, 0.3) is 0 Å². The fourth-order valence-corrected chi connectivity index (χ4v) is 2.55. The average molecular weight is 257 g/mol. The van der Waals surface area contributed by atoms with Gasteiger partial charge < -0.3 is 10.5 Å². The zero-order valence-electron chi connectivity index (χ0n) is 10.7. The van der Waals surface area contributed by atoms with Crippen LogP contribution in [0.4, 0.5) is 4.39 Å². The third kappa shape index (κ3) is 2.47. The highest BCUT2D eigenvalue weighted by Crippen LogP contribution is 2.30. The molecule has 0 spiro atoms. The Balaban J connectivity index is 1.89. The van der Waals surface area contributed by atoms with Crippen molar-refractivity contribution in [1.29, 1.82) is 0 Å². The van der Waals surface area contributed by atoms with Crippen LogP contribution in [-0.2, 0) is 19.4 Å². The second-order valence-corrected chi connectivity index (χ2v) is 4.84. The molecule has 0 radical (unpaired) electrons. The monoisotopic (exact) mass is 257 g/mol. The van der Waals surface area contributed by atoms with Gasteiger partial charge in [-0.05, 0) is 60.7 Å². The Labute approximate surface area is 112 Å². The normalized spacial score (nSPS) is 13.4. The lowest BCUT2D eigenvalue weighted by Crippen LogP contribution is -2.00. The molecule has 19 heavy (non-hydrogen) atoms. The van der Waals surface area contributed by atoms with E-state index < -0.39 is 0 Å². The molecule has 0 bridgehead atoms. The fraction of sp³-hybridized carbons (Fsp3) is 0.250. The molecular weight excluding hydrogens is 241 g/mol. The summed E-state index contributed by atoms with van der Waals surface area (Å²) in [6, 6.07) is 10.6. The van der Waals surface area contributed by atoms with Crippen LogP contribution >= 0.6 is 0 Å². The van der Waals surface area contributed by atoms with Crippen LogP contribution in [0.3, 0.4) is 0 Å². The Morgan fingerprint density at radius 2 is 1.89 bits per heavy atom. The van der Waals surface area contributed by atoms with E-state index in [9.17, 15) is 4.39 Å². The summed E-state index contributed by atoms with van der Waals surface area (Å²) in [7, 11) is 0. The molecular formula is C16H16FNO. The molecule has 0 saturated carbocycles. The van der Waals surface area contributed by atoms with Gasteiger partial charge in [-0.3, -0.25) is 0 Å². The van der Waals surface area contributed by atoms with Crippen LogP contribution in [0.15, 0.2) is 36.4 Å². The lowest BCUT2D eigenvalue weighted by Gasteiger charge is -2.11. The molecule has 0 saturated heterocycles. The number of rotatable bonds is 3. The fourth-order valence-electron chi connectivity index (χ4n) is 2.55. The van der Waals surface area contributed by atoms with Crippen molar-refractivity contribution in [3.8, 4) is 11.5 Å². The third-order valence-electron chi connectivity index (χ3n) is 3.54. The highest BCUT2D eigenvalue weighted by molar-refractivity contribution is 5.42. The van der Waals surface area contributed by atoms with Gasteiger partial charge in [-0.25, -0.2) is 4.39 Å². The van der Waals surface area contributed by atoms with E-state index >= 15 is 0 Å². The van der Waals surface area contributed by atoms with Gasteiger partial charge in [-0.15, -0.1) is 0 Å². The molecule has 2 nitrogen and oxygen atoms in total. The Morgan fingerprint density at radius 1 is 1.05 bits per heavy atom. The summed E-state index contributed by atoms with van der Waals surface area (Å²) in [5.41, 5.74) is 9.06. The minimum atomic E-state index is -0.290. The van der Waals surface area contributed by atoms with Gasteiger partial charge >= 0.3 is 0 Å². The van der Waals surface area contributed by atoms with Crippen LogP contribution < -0.4 is 10.5 Å². The molecule has 2 N–H and O–H groups in total. The maximum Gasteiger partial charge on any atom is 0.132 e. The number of hydrogen-bond acceptors (Lipinski definition) is 2. The largest absolute Gasteiger partial charge is 0.457 e. The number of fused-ring (bicyclic) bond motifs is 1. The van der Waals surface area contributed by atoms with Crippen molar-refractivity contribution in [2.45, 2.75) is 25.8 Å². The van der Waals surface area contributed by atoms with Crippen molar-refractivity contribution in [3.63, 3.8) is 0 Å². The smallest absolute Gasteiger partial charge is 0.132 e. The molecule has 1 aliphatic rings. The number of nitrogens with two attached hydrogens (primary N) is 1. The molecule has 0 heterocycles. The molecule has 2 aromatic rings. The van der Waals surface area contributed by atoms with Crippen molar-refractivity contribution < 1.29 is 9.13 Å². The lowest BCUT2D eigenvalue weighted by atomic mass is 10.1. The summed E-state index contributed by atoms with van der Waals surface area (Å²) in [6.45, 7) is 0.262. The van der Waals surface area contributed by atoms with E-state index in [4.69, 9.17) is 10.5 Å². The summed E-state index contributed by atoms with van der Waals surface area (Å²) < 4.78 is 19.0. The standard InChI is InChI=1S/C16H16FNO/c17-14-5-7-16(13(8-14)10-18)19-15-6-4-11-2-1-3-12(11)9-15/h4-9H,1-3,10,18H2. The van der Waals surface area contributed by atoms with E-state index in [0.717, 1.165) is 18.6 Å². The topological polar surface area (TPSA) is 35.2 Å². The van der Waals surface area contributed by atoms with Gasteiger partial charge in [0, 0.05) is 12.1 Å². The Morgan fingerprint density at radius 3 is 2.74 bits per heavy atom. The Kier molecular flexibility index (Phi) is 3.22. The van der Waals surface area contributed by atoms with E-state index in [1.165, 1.54) is 29.7 Å². The summed E-state index contributed by atoms with van der Waals surface area (Å²) >= 11 is 0. The van der Waals surface area contributed by atoms with Crippen LogP contribution in [0, 0.1) is 5.82 Å². The highest BCUT2D eigenvalue weighted by Gasteiger charge is 2.12. The molecule has 1 aliphatic carbocycles. The summed E-state index contributed by atoms with van der Waals surface area (Å²) in [6.07, 6.45) is 3.48. The van der Waals surface area contributed by atoms with Crippen molar-refractivity contribution in [3.05, 3.63) is 58.9 Å². The second-order valence-electron chi connectivity index (χ2n) is 4.84. The minimum absolute atomic E-state index is 0.262. The number of halogens is 1. The number of ether oxygens (including phenoxy) is 1. The minimum Gasteiger partial charge on any atom is -0.457 e. The molecule has 0 aromatic heterocycles. The molecule has 0 fully saturated rings. The first-order valence-electron chi connectivity index (χ1n) is 6.54. The first-order chi connectivity index (χ1) is 9.26. The van der Waals surface area contributed by atoms with Gasteiger partial charge in [-0.1, -0.05) is 6.07 Å². The van der Waals surface area contributed by atoms with Crippen LogP contribution in [0.5, 0.6) is 11.5 Å². The molecule has 98 valence electrons. The molecule has 2 aromatic carbocycles. The number of hydrogen-bond donors (Lipinski definition) is 1. The van der Waals surface area contributed by atoms with E-state index in [1.807, 2.05) is 6.07 Å². The van der Waals surface area contributed by atoms with Gasteiger partial charge in [0.05, 0.1) is 0 Å². The van der Waals surface area contributed by atoms with Crippen LogP contribution in [-0.4, -0.2) is 0 Å². The summed E-state index contributed by atoms with van der Waals surface area (Å²) in [5.74, 6) is 1.13. The first kappa shape index (κ1) is 12.2. The van der Waals surface area contributed by atoms with Gasteiger partial charge in [0.1, 0.15) is 17.3 Å². The van der Waals surface area contributed by atoms with Gasteiger partial charge in [-0.2, -0.15) is 0 Å². The summed E-state index contributed by atoms with van der Waals surface area (Å²) in [5, 5.41) is 0. The van der Waals surface area contributed by atoms with Crippen LogP contribution in [0.25, 0.3) is 0 Å². The van der Waals surface area contributed by atoms with Gasteiger partial charge in [0.15, 0.2) is 0 Å². The van der Waals surface area contributed by atoms with Crippen LogP contribution in [0.2, 0.25) is 0 Å². The molecule has 3 heteroatoms. The zero-order chi connectivity index (χ0) is 13.2. The quantitative estimate of drug-likeness (QED) is 0.912. The van der Waals surface area contributed by atoms with Crippen molar-refractivity contribution >= 4 is 0 Å². The molecule has 0 aliphatic heterocycles. The molecule has 0 amide bonds. The molecule has 0 unspecified atom stereocenters. The predicted octanol–water partition coefficient (Wildman–Crippen LogP) is 3.57. The van der Waals surface area contributed by atoms with E-state index in [1.54, 1.807) is 6.07 Å². The van der Waals surface area contributed by atoms with Crippen LogP contribution in [0.1, 0.15) is 23.1 Å². The van der Waals surface area contributed by atoms with Crippen molar-refractivity contribution in [1.82, 2.24) is 0 Å². The first-order valence-corrected chi connectivity index (χ1v) is 6.54. The SMILES string of the molecule is NCc1cc(F)ccc1Oc1ccc2c(c1)CCC2. The summed E-state index contributed by atoms with van der Waals surface area (Å²) in [4.78, 5) is 0. The number of aryl methyl sites for hydroxylation is 2. The van der Waals surface area contributed by atoms with Gasteiger partial charge in [0.2, 0.25) is 0 Å². The Hall–Kier alpha value is -1.87. The zero-order valence-corrected chi connectivity index (χ0v) is 10.7. The average Bonchev–Trinajstić information content (AvgIpc) is 2.88. The third-order valence-corrected chi connectivity index (χ3v) is 3.54. The second kappa shape index (κ2) is 5.02. The van der Waals surface area contributed by atoms with Crippen molar-refractivity contribution in [2.24, 2.45) is 5.73 Å². The maximum absolute atomic E-state index is 13.1. The predicted molar refractivity (Wildman–Crippen MR) is 72.8 cm³/mol. The van der Waals surface area contributed by atoms with E-state index in [0.29, 0.717) is 11.3 Å². The van der Waals surface area contributed by atoms with Crippen molar-refractivity contribution in [2.75, 3.05) is 0 Å². The molecule has 3 rings (SSSR count). The highest BCUT2D eigenvalue weighted by atomic mass is 19.1. The lowest BCUT2D eigenvalue weighted by molar-refractivity contribution is 0.473.